The third-order valence-corrected chi connectivity index (χ3v) is 5.46. The van der Waals surface area contributed by atoms with Gasteiger partial charge >= 0.3 is 5.76 Å². The van der Waals surface area contributed by atoms with Crippen LogP contribution in [-0.4, -0.2) is 47.0 Å². The zero-order chi connectivity index (χ0) is 21.7. The quantitative estimate of drug-likeness (QED) is 0.714. The summed E-state index contributed by atoms with van der Waals surface area (Å²) < 4.78 is 18.4. The molecule has 2 heterocycles. The van der Waals surface area contributed by atoms with Gasteiger partial charge in [-0.1, -0.05) is 13.8 Å². The molecule has 1 unspecified atom stereocenters. The van der Waals surface area contributed by atoms with Crippen LogP contribution in [0.15, 0.2) is 27.4 Å². The maximum Gasteiger partial charge on any atom is 0.441 e. The summed E-state index contributed by atoms with van der Waals surface area (Å²) in [5, 5.41) is 16.0. The largest absolute Gasteiger partial charge is 0.441 e. The second-order valence-corrected chi connectivity index (χ2v) is 7.60. The van der Waals surface area contributed by atoms with E-state index in [1.807, 2.05) is 6.92 Å². The molecular formula is C21H26FN5O3. The molecule has 9 heteroatoms. The van der Waals surface area contributed by atoms with Crippen LogP contribution >= 0.6 is 0 Å². The summed E-state index contributed by atoms with van der Waals surface area (Å²) in [6, 6.07) is 5.34. The van der Waals surface area contributed by atoms with Gasteiger partial charge in [0.05, 0.1) is 11.5 Å². The molecule has 8 nitrogen and oxygen atoms in total. The Morgan fingerprint density at radius 3 is 2.77 bits per heavy atom. The maximum atomic E-state index is 13.5. The molecule has 2 N–H and O–H groups in total. The number of hydrogen-bond donors (Lipinski definition) is 2. The van der Waals surface area contributed by atoms with Gasteiger partial charge in [-0.25, -0.2) is 9.18 Å². The third-order valence-electron chi connectivity index (χ3n) is 5.46. The first-order valence-corrected chi connectivity index (χ1v) is 10.2. The lowest BCUT2D eigenvalue weighted by Gasteiger charge is -2.38. The van der Waals surface area contributed by atoms with Crippen LogP contribution in [-0.2, 0) is 4.79 Å². The molecule has 1 aliphatic rings. The van der Waals surface area contributed by atoms with Gasteiger partial charge in [-0.05, 0) is 44.4 Å². The highest BCUT2D eigenvalue weighted by Crippen LogP contribution is 2.24. The lowest BCUT2D eigenvalue weighted by Crippen LogP contribution is -2.57. The van der Waals surface area contributed by atoms with Gasteiger partial charge in [0.25, 0.3) is 0 Å². The van der Waals surface area contributed by atoms with Crippen molar-refractivity contribution in [2.24, 2.45) is 0 Å². The second kappa shape index (κ2) is 9.22. The van der Waals surface area contributed by atoms with Crippen LogP contribution in [0.25, 0.3) is 11.0 Å². The number of halogens is 1. The predicted molar refractivity (Wildman–Crippen MR) is 110 cm³/mol. The number of fused-ring (bicyclic) bond motifs is 1. The van der Waals surface area contributed by atoms with Crippen LogP contribution in [0.4, 0.5) is 10.2 Å². The molecule has 0 radical (unpaired) electrons. The zero-order valence-electron chi connectivity index (χ0n) is 17.2. The lowest BCUT2D eigenvalue weighted by molar-refractivity contribution is -0.123. The number of benzene rings is 1. The Kier molecular flexibility index (Phi) is 6.67. The molecule has 1 aromatic heterocycles. The lowest BCUT2D eigenvalue weighted by atomic mass is 9.88. The number of hydrogen-bond acceptors (Lipinski definition) is 7. The third kappa shape index (κ3) is 4.76. The van der Waals surface area contributed by atoms with Crippen molar-refractivity contribution in [1.82, 2.24) is 15.2 Å². The van der Waals surface area contributed by atoms with E-state index in [-0.39, 0.29) is 17.3 Å². The van der Waals surface area contributed by atoms with Crippen LogP contribution in [0.2, 0.25) is 0 Å². The standard InChI is InChI=1S/C21H26FN5O3/c1-3-9-27-10-7-21(13-23,8-11-27)26-19(28)16(4-2)24-18-15-6-5-14(22)12-17(15)30-20(29)25-18/h5-6,12,16H,3-4,7-11H2,1-2H3,(H,26,28)(H,24,25,29). The molecule has 0 spiro atoms. The summed E-state index contributed by atoms with van der Waals surface area (Å²) in [6.45, 7) is 6.41. The maximum absolute atomic E-state index is 13.5. The summed E-state index contributed by atoms with van der Waals surface area (Å²) in [5.41, 5.74) is -0.866. The van der Waals surface area contributed by atoms with Crippen LogP contribution in [0.3, 0.4) is 0 Å². The molecule has 1 atom stereocenters. The van der Waals surface area contributed by atoms with Crippen molar-refractivity contribution < 1.29 is 13.6 Å². The van der Waals surface area contributed by atoms with E-state index in [2.05, 4.69) is 33.5 Å². The fourth-order valence-corrected chi connectivity index (χ4v) is 3.73. The van der Waals surface area contributed by atoms with Gasteiger partial charge in [0.2, 0.25) is 5.91 Å². The average Bonchev–Trinajstić information content (AvgIpc) is 2.73. The molecule has 3 rings (SSSR count). The van der Waals surface area contributed by atoms with Gasteiger partial charge in [-0.2, -0.15) is 10.2 Å². The van der Waals surface area contributed by atoms with Gasteiger partial charge in [0.15, 0.2) is 0 Å². The highest BCUT2D eigenvalue weighted by Gasteiger charge is 2.37. The highest BCUT2D eigenvalue weighted by atomic mass is 19.1. The zero-order valence-corrected chi connectivity index (χ0v) is 17.2. The number of anilines is 1. The van der Waals surface area contributed by atoms with E-state index in [0.717, 1.165) is 32.1 Å². The van der Waals surface area contributed by atoms with E-state index in [4.69, 9.17) is 4.42 Å². The Morgan fingerprint density at radius 1 is 1.40 bits per heavy atom. The number of piperidine rings is 1. The first kappa shape index (κ1) is 21.7. The minimum atomic E-state index is -0.912. The number of aromatic nitrogens is 1. The van der Waals surface area contributed by atoms with Gasteiger partial charge in [-0.3, -0.25) is 4.79 Å². The van der Waals surface area contributed by atoms with Crippen molar-refractivity contribution in [3.8, 4) is 6.07 Å². The molecule has 0 bridgehead atoms. The fourth-order valence-electron chi connectivity index (χ4n) is 3.73. The number of carbonyl (C=O) groups is 1. The molecular weight excluding hydrogens is 389 g/mol. The number of nitrogens with zero attached hydrogens (tertiary/aromatic N) is 3. The molecule has 0 saturated carbocycles. The van der Waals surface area contributed by atoms with Crippen molar-refractivity contribution in [1.29, 1.82) is 5.26 Å². The number of rotatable bonds is 7. The first-order valence-electron chi connectivity index (χ1n) is 10.2. The van der Waals surface area contributed by atoms with E-state index in [9.17, 15) is 19.2 Å². The molecule has 30 heavy (non-hydrogen) atoms. The van der Waals surface area contributed by atoms with E-state index < -0.39 is 23.2 Å². The summed E-state index contributed by atoms with van der Waals surface area (Å²) in [6.07, 6.45) is 2.56. The van der Waals surface area contributed by atoms with Gasteiger partial charge in [0.1, 0.15) is 28.8 Å². The van der Waals surface area contributed by atoms with E-state index in [1.54, 1.807) is 0 Å². The minimum Gasteiger partial charge on any atom is -0.408 e. The first-order chi connectivity index (χ1) is 14.4. The predicted octanol–water partition coefficient (Wildman–Crippen LogP) is 2.40. The summed E-state index contributed by atoms with van der Waals surface area (Å²) in [7, 11) is 0. The molecule has 2 aromatic rings. The van der Waals surface area contributed by atoms with Gasteiger partial charge < -0.3 is 20.0 Å². The summed E-state index contributed by atoms with van der Waals surface area (Å²) >= 11 is 0. The van der Waals surface area contributed by atoms with E-state index >= 15 is 0 Å². The van der Waals surface area contributed by atoms with Crippen molar-refractivity contribution in [3.63, 3.8) is 0 Å². The molecule has 1 amide bonds. The van der Waals surface area contributed by atoms with Crippen molar-refractivity contribution in [2.75, 3.05) is 25.0 Å². The monoisotopic (exact) mass is 415 g/mol. The van der Waals surface area contributed by atoms with Crippen molar-refractivity contribution >= 4 is 22.7 Å². The number of carbonyl (C=O) groups excluding carboxylic acids is 1. The molecule has 1 saturated heterocycles. The van der Waals surface area contributed by atoms with Crippen LogP contribution in [0.5, 0.6) is 0 Å². The van der Waals surface area contributed by atoms with Crippen molar-refractivity contribution in [2.45, 2.75) is 51.1 Å². The molecule has 1 fully saturated rings. The van der Waals surface area contributed by atoms with Crippen LogP contribution < -0.4 is 16.4 Å². The number of amides is 1. The van der Waals surface area contributed by atoms with Crippen molar-refractivity contribution in [3.05, 3.63) is 34.6 Å². The second-order valence-electron chi connectivity index (χ2n) is 7.60. The summed E-state index contributed by atoms with van der Waals surface area (Å²) in [5.74, 6) is -1.62. The smallest absolute Gasteiger partial charge is 0.408 e. The highest BCUT2D eigenvalue weighted by molar-refractivity contribution is 5.91. The average molecular weight is 415 g/mol. The summed E-state index contributed by atoms with van der Waals surface area (Å²) in [4.78, 5) is 30.8. The van der Waals surface area contributed by atoms with Crippen LogP contribution in [0, 0.1) is 17.1 Å². The normalized spacial score (nSPS) is 17.3. The number of likely N-dealkylation sites (tertiary alicyclic amines) is 1. The molecule has 160 valence electrons. The number of nitrogens with one attached hydrogen (secondary N) is 2. The van der Waals surface area contributed by atoms with E-state index in [1.165, 1.54) is 12.1 Å². The number of nitriles is 1. The minimum absolute atomic E-state index is 0.0459. The molecule has 0 aliphatic carbocycles. The Bertz CT molecular complexity index is 1010. The van der Waals surface area contributed by atoms with Crippen LogP contribution in [0.1, 0.15) is 39.5 Å². The van der Waals surface area contributed by atoms with E-state index in [0.29, 0.717) is 24.6 Å². The Hall–Kier alpha value is -2.99. The SMILES string of the molecule is CCCN1CCC(C#N)(NC(=O)C(CC)Nc2nc(=O)oc3cc(F)ccc23)CC1. The molecule has 1 aromatic carbocycles. The van der Waals surface area contributed by atoms with Gasteiger partial charge in [0, 0.05) is 19.2 Å². The topological polar surface area (TPSA) is 111 Å². The Labute approximate surface area is 174 Å². The molecule has 1 aliphatic heterocycles. The van der Waals surface area contributed by atoms with Gasteiger partial charge in [-0.15, -0.1) is 0 Å². The fraction of sp³-hybridized carbons (Fsp3) is 0.524. The Morgan fingerprint density at radius 2 is 2.13 bits per heavy atom. The Balaban J connectivity index is 1.77.